The van der Waals surface area contributed by atoms with Crippen molar-refractivity contribution in [3.8, 4) is 0 Å². The summed E-state index contributed by atoms with van der Waals surface area (Å²) in [6.07, 6.45) is 0.909. The highest BCUT2D eigenvalue weighted by molar-refractivity contribution is 7.93. The molecule has 1 rings (SSSR count). The molecule has 0 saturated carbocycles. The second-order valence-electron chi connectivity index (χ2n) is 4.36. The van der Waals surface area contributed by atoms with Gasteiger partial charge in [0.1, 0.15) is 4.90 Å². The molecule has 0 spiro atoms. The molecule has 21 heavy (non-hydrogen) atoms. The molecule has 0 aliphatic heterocycles. The first kappa shape index (κ1) is 17.3. The van der Waals surface area contributed by atoms with Crippen molar-refractivity contribution in [2.75, 3.05) is 6.26 Å². The van der Waals surface area contributed by atoms with E-state index in [0.29, 0.717) is 5.56 Å². The molecule has 0 fully saturated rings. The first-order valence-corrected chi connectivity index (χ1v) is 9.05. The minimum atomic E-state index is -4.27. The Labute approximate surface area is 123 Å². The van der Waals surface area contributed by atoms with Gasteiger partial charge in [0.2, 0.25) is 10.0 Å². The summed E-state index contributed by atoms with van der Waals surface area (Å²) in [4.78, 5) is -0.844. The van der Waals surface area contributed by atoms with Crippen LogP contribution in [0.25, 0.3) is 0 Å². The van der Waals surface area contributed by atoms with Gasteiger partial charge in [0.15, 0.2) is 9.84 Å². The lowest BCUT2D eigenvalue weighted by atomic mass is 10.1. The number of rotatable bonds is 5. The van der Waals surface area contributed by atoms with E-state index in [1.807, 2.05) is 0 Å². The monoisotopic (exact) mass is 332 g/mol. The average molecular weight is 332 g/mol. The lowest BCUT2D eigenvalue weighted by molar-refractivity contribution is 0.586. The minimum absolute atomic E-state index is 0.122. The zero-order chi connectivity index (χ0) is 16.4. The van der Waals surface area contributed by atoms with Crippen molar-refractivity contribution in [2.45, 2.75) is 23.6 Å². The second-order valence-corrected chi connectivity index (χ2v) is 7.84. The molecule has 0 atom stereocenters. The maximum Gasteiger partial charge on any atom is 0.240 e. The van der Waals surface area contributed by atoms with Gasteiger partial charge in [0, 0.05) is 18.5 Å². The molecule has 116 valence electrons. The van der Waals surface area contributed by atoms with Crippen molar-refractivity contribution in [1.29, 1.82) is 0 Å². The fourth-order valence-electron chi connectivity index (χ4n) is 1.85. The molecule has 0 aromatic heterocycles. The van der Waals surface area contributed by atoms with E-state index in [9.17, 15) is 16.8 Å². The van der Waals surface area contributed by atoms with E-state index in [0.717, 1.165) is 6.26 Å². The molecule has 1 aromatic rings. The molecule has 0 unspecified atom stereocenters. The summed E-state index contributed by atoms with van der Waals surface area (Å²) in [6, 6.07) is 2.70. The zero-order valence-corrected chi connectivity index (χ0v) is 13.4. The van der Waals surface area contributed by atoms with Gasteiger partial charge in [-0.05, 0) is 25.5 Å². The van der Waals surface area contributed by atoms with Crippen LogP contribution >= 0.6 is 0 Å². The van der Waals surface area contributed by atoms with Crippen molar-refractivity contribution in [3.63, 3.8) is 0 Å². The van der Waals surface area contributed by atoms with E-state index >= 15 is 0 Å². The predicted octanol–water partition coefficient (Wildman–Crippen LogP) is -0.0249. The van der Waals surface area contributed by atoms with Crippen LogP contribution in [0.5, 0.6) is 0 Å². The Balaban J connectivity index is 3.92. The summed E-state index contributed by atoms with van der Waals surface area (Å²) in [6.45, 7) is 6.29. The van der Waals surface area contributed by atoms with E-state index in [-0.39, 0.29) is 16.2 Å². The summed E-state index contributed by atoms with van der Waals surface area (Å²) in [5, 5.41) is 12.3. The topological polar surface area (TPSA) is 131 Å². The lowest BCUT2D eigenvalue weighted by Gasteiger charge is -2.14. The largest absolute Gasteiger partial charge is 0.240 e. The van der Waals surface area contributed by atoms with E-state index in [1.165, 1.54) is 19.1 Å². The van der Waals surface area contributed by atoms with E-state index in [4.69, 9.17) is 5.14 Å². The summed E-state index contributed by atoms with van der Waals surface area (Å²) in [5.41, 5.74) is 3.08. The van der Waals surface area contributed by atoms with E-state index in [2.05, 4.69) is 22.5 Å². The Morgan fingerprint density at radius 3 is 2.29 bits per heavy atom. The number of aryl methyl sites for hydroxylation is 1. The van der Waals surface area contributed by atoms with Crippen LogP contribution in [0, 0.1) is 6.92 Å². The van der Waals surface area contributed by atoms with Crippen LogP contribution in [0.1, 0.15) is 18.1 Å². The molecule has 0 amide bonds. The lowest BCUT2D eigenvalue weighted by Crippen LogP contribution is -2.21. The molecular formula is C11H16N4O4S2. The molecule has 1 aromatic carbocycles. The van der Waals surface area contributed by atoms with Crippen LogP contribution < -0.4 is 10.7 Å². The molecule has 0 aliphatic rings. The average Bonchev–Trinajstić information content (AvgIpc) is 2.32. The highest BCUT2D eigenvalue weighted by Gasteiger charge is 2.27. The van der Waals surface area contributed by atoms with Gasteiger partial charge in [-0.15, -0.1) is 0 Å². The Bertz CT molecular complexity index is 811. The maximum absolute atomic E-state index is 11.9. The summed E-state index contributed by atoms with van der Waals surface area (Å²) in [7, 11) is -8.05. The first-order chi connectivity index (χ1) is 9.50. The highest BCUT2D eigenvalue weighted by atomic mass is 32.2. The van der Waals surface area contributed by atoms with Crippen molar-refractivity contribution < 1.29 is 16.8 Å². The van der Waals surface area contributed by atoms with E-state index < -0.39 is 24.8 Å². The molecule has 0 saturated heterocycles. The van der Waals surface area contributed by atoms with Gasteiger partial charge in [-0.2, -0.15) is 15.7 Å². The first-order valence-electron chi connectivity index (χ1n) is 5.62. The molecule has 8 nitrogen and oxygen atoms in total. The molecule has 10 heteroatoms. The summed E-state index contributed by atoms with van der Waals surface area (Å²) in [5.74, 6) is 0. The summed E-state index contributed by atoms with van der Waals surface area (Å²) >= 11 is 0. The van der Waals surface area contributed by atoms with Crippen LogP contribution in [-0.2, 0) is 19.9 Å². The smallest absolute Gasteiger partial charge is 0.225 e. The fraction of sp³-hybridized carbons (Fsp3) is 0.273. The molecule has 0 radical (unpaired) electrons. The number of hydrogen-bond donors (Lipinski definition) is 2. The van der Waals surface area contributed by atoms with Gasteiger partial charge < -0.3 is 0 Å². The number of nitrogens with zero attached hydrogens (tertiary/aromatic N) is 2. The molecule has 0 bridgehead atoms. The van der Waals surface area contributed by atoms with Crippen molar-refractivity contribution in [1.82, 2.24) is 5.53 Å². The Morgan fingerprint density at radius 1 is 1.29 bits per heavy atom. The molecular weight excluding hydrogens is 316 g/mol. The third-order valence-electron chi connectivity index (χ3n) is 2.66. The van der Waals surface area contributed by atoms with Gasteiger partial charge in [0.25, 0.3) is 0 Å². The number of hydrazone groups is 2. The molecule has 0 heterocycles. The zero-order valence-electron chi connectivity index (χ0n) is 11.8. The van der Waals surface area contributed by atoms with Crippen molar-refractivity contribution in [2.24, 2.45) is 15.3 Å². The maximum atomic E-state index is 11.9. The van der Waals surface area contributed by atoms with Crippen LogP contribution in [-0.4, -0.2) is 35.5 Å². The normalized spacial score (nSPS) is 13.0. The van der Waals surface area contributed by atoms with Gasteiger partial charge in [-0.3, -0.25) is 0 Å². The van der Waals surface area contributed by atoms with Crippen molar-refractivity contribution >= 4 is 32.3 Å². The van der Waals surface area contributed by atoms with Gasteiger partial charge in [0.05, 0.1) is 10.6 Å². The van der Waals surface area contributed by atoms with Gasteiger partial charge >= 0.3 is 0 Å². The third-order valence-corrected chi connectivity index (χ3v) is 4.93. The van der Waals surface area contributed by atoms with E-state index in [1.54, 1.807) is 6.92 Å². The number of nitrogens with two attached hydrogens (primary N) is 1. The number of hydrogen-bond acceptors (Lipinski definition) is 7. The number of benzene rings is 1. The second kappa shape index (κ2) is 5.92. The number of primary sulfonamides is 1. The fourth-order valence-corrected chi connectivity index (χ4v) is 4.35. The Morgan fingerprint density at radius 2 is 1.86 bits per heavy atom. The quantitative estimate of drug-likeness (QED) is 0.577. The van der Waals surface area contributed by atoms with Crippen LogP contribution in [0.4, 0.5) is 0 Å². The Kier molecular flexibility index (Phi) is 4.87. The number of sulfone groups is 1. The Hall–Kier alpha value is -1.78. The number of nitrogens with one attached hydrogen (secondary N) is 1. The molecule has 0 aliphatic carbocycles. The standard InChI is InChI=1S/C11H16N4O4S2/c1-7-5-6-9(20(4,16)17)11(21(12,18)19)10(7)8(2)14-15-13-3/h5-6,15H,3H2,1-2,4H3,(H2,12,18,19)/b14-8+. The van der Waals surface area contributed by atoms with Crippen LogP contribution in [0.15, 0.2) is 32.1 Å². The highest BCUT2D eigenvalue weighted by Crippen LogP contribution is 2.27. The summed E-state index contributed by atoms with van der Waals surface area (Å²) < 4.78 is 47.3. The predicted molar refractivity (Wildman–Crippen MR) is 80.6 cm³/mol. The van der Waals surface area contributed by atoms with Gasteiger partial charge in [-0.1, -0.05) is 6.07 Å². The SMILES string of the molecule is C=NN/N=C(\C)c1c(C)ccc(S(C)(=O)=O)c1S(N)(=O)=O. The third kappa shape index (κ3) is 3.86. The van der Waals surface area contributed by atoms with Crippen molar-refractivity contribution in [3.05, 3.63) is 23.3 Å². The molecule has 3 N–H and O–H groups in total. The number of sulfonamides is 1. The minimum Gasteiger partial charge on any atom is -0.225 e. The van der Waals surface area contributed by atoms with Crippen LogP contribution in [0.3, 0.4) is 0 Å². The van der Waals surface area contributed by atoms with Crippen LogP contribution in [0.2, 0.25) is 0 Å². The van der Waals surface area contributed by atoms with Gasteiger partial charge in [-0.25, -0.2) is 22.0 Å².